The third kappa shape index (κ3) is 3.42. The van der Waals surface area contributed by atoms with E-state index < -0.39 is 0 Å². The van der Waals surface area contributed by atoms with Crippen molar-refractivity contribution in [3.63, 3.8) is 0 Å². The van der Waals surface area contributed by atoms with Crippen LogP contribution in [-0.2, 0) is 0 Å². The van der Waals surface area contributed by atoms with Crippen LogP contribution in [-0.4, -0.2) is 23.9 Å². The third-order valence-electron chi connectivity index (χ3n) is 2.22. The van der Waals surface area contributed by atoms with Gasteiger partial charge in [0.25, 0.3) is 5.91 Å². The van der Waals surface area contributed by atoms with Gasteiger partial charge in [-0.3, -0.25) is 4.79 Å². The normalized spacial score (nSPS) is 9.94. The predicted octanol–water partition coefficient (Wildman–Crippen LogP) is 3.01. The molecule has 3 heteroatoms. The minimum absolute atomic E-state index is 0.0291. The first-order valence-corrected chi connectivity index (χ1v) is 5.72. The van der Waals surface area contributed by atoms with E-state index in [0.717, 1.165) is 10.5 Å². The molecular weight excluding hydrogens is 218 g/mol. The maximum absolute atomic E-state index is 12.1. The Morgan fingerprint density at radius 1 is 1.50 bits per heavy atom. The molecule has 1 amide bonds. The van der Waals surface area contributed by atoms with Crippen molar-refractivity contribution in [1.82, 2.24) is 4.90 Å². The van der Waals surface area contributed by atoms with Crippen LogP contribution in [0.25, 0.3) is 0 Å². The van der Waals surface area contributed by atoms with Crippen molar-refractivity contribution in [2.75, 3.05) is 13.1 Å². The molecular formula is C13H17NOS. The molecule has 0 saturated heterocycles. The van der Waals surface area contributed by atoms with Crippen LogP contribution < -0.4 is 0 Å². The summed E-state index contributed by atoms with van der Waals surface area (Å²) in [5.74, 6) is 0.0291. The van der Waals surface area contributed by atoms with Crippen LogP contribution in [0.3, 0.4) is 0 Å². The first-order valence-electron chi connectivity index (χ1n) is 5.27. The molecule has 0 aromatic heterocycles. The number of nitrogens with zero attached hydrogens (tertiary/aromatic N) is 1. The van der Waals surface area contributed by atoms with E-state index in [4.69, 9.17) is 0 Å². The van der Waals surface area contributed by atoms with Gasteiger partial charge in [0.2, 0.25) is 0 Å². The molecule has 2 nitrogen and oxygen atoms in total. The molecule has 0 aliphatic heterocycles. The Balaban J connectivity index is 2.86. The van der Waals surface area contributed by atoms with Crippen molar-refractivity contribution >= 4 is 18.5 Å². The van der Waals surface area contributed by atoms with Gasteiger partial charge >= 0.3 is 0 Å². The molecule has 16 heavy (non-hydrogen) atoms. The van der Waals surface area contributed by atoms with E-state index in [-0.39, 0.29) is 5.91 Å². The average molecular weight is 235 g/mol. The Morgan fingerprint density at radius 3 is 2.69 bits per heavy atom. The van der Waals surface area contributed by atoms with E-state index in [2.05, 4.69) is 19.2 Å². The van der Waals surface area contributed by atoms with E-state index >= 15 is 0 Å². The molecule has 0 atom stereocenters. The maximum Gasteiger partial charge on any atom is 0.254 e. The number of amides is 1. The molecule has 86 valence electrons. The number of carbonyl (C=O) groups is 1. The summed E-state index contributed by atoms with van der Waals surface area (Å²) in [6.45, 7) is 9.00. The third-order valence-corrected chi connectivity index (χ3v) is 2.50. The van der Waals surface area contributed by atoms with Gasteiger partial charge in [0, 0.05) is 23.5 Å². The molecule has 0 aliphatic carbocycles. The first-order chi connectivity index (χ1) is 7.54. The Hall–Kier alpha value is -1.22. The predicted molar refractivity (Wildman–Crippen MR) is 70.1 cm³/mol. The Kier molecular flexibility index (Phi) is 4.62. The lowest BCUT2D eigenvalue weighted by atomic mass is 10.2. The smallest absolute Gasteiger partial charge is 0.254 e. The molecule has 0 aliphatic rings. The highest BCUT2D eigenvalue weighted by Crippen LogP contribution is 2.12. The molecule has 1 rings (SSSR count). The zero-order valence-corrected chi connectivity index (χ0v) is 10.6. The molecule has 0 spiro atoms. The van der Waals surface area contributed by atoms with Crippen molar-refractivity contribution < 1.29 is 4.79 Å². The number of hydrogen-bond acceptors (Lipinski definition) is 2. The number of thiol groups is 1. The highest BCUT2D eigenvalue weighted by molar-refractivity contribution is 7.80. The van der Waals surface area contributed by atoms with Crippen molar-refractivity contribution in [2.24, 2.45) is 0 Å². The van der Waals surface area contributed by atoms with Gasteiger partial charge in [0.05, 0.1) is 0 Å². The Labute approximate surface area is 102 Å². The van der Waals surface area contributed by atoms with Crippen LogP contribution in [0.15, 0.2) is 41.3 Å². The second-order valence-electron chi connectivity index (χ2n) is 3.83. The van der Waals surface area contributed by atoms with Gasteiger partial charge in [-0.05, 0) is 32.0 Å². The summed E-state index contributed by atoms with van der Waals surface area (Å²) >= 11 is 4.23. The molecule has 0 bridgehead atoms. The lowest BCUT2D eigenvalue weighted by Crippen LogP contribution is -2.32. The summed E-state index contributed by atoms with van der Waals surface area (Å²) in [5, 5.41) is 0. The minimum Gasteiger partial charge on any atom is -0.335 e. The topological polar surface area (TPSA) is 20.3 Å². The summed E-state index contributed by atoms with van der Waals surface area (Å²) in [7, 11) is 0. The zero-order valence-electron chi connectivity index (χ0n) is 9.73. The number of benzene rings is 1. The fraction of sp³-hybridized carbons (Fsp3) is 0.308. The monoisotopic (exact) mass is 235 g/mol. The van der Waals surface area contributed by atoms with E-state index in [1.807, 2.05) is 32.0 Å². The van der Waals surface area contributed by atoms with Crippen LogP contribution in [0.1, 0.15) is 24.2 Å². The van der Waals surface area contributed by atoms with E-state index in [1.54, 1.807) is 11.0 Å². The minimum atomic E-state index is 0.0291. The van der Waals surface area contributed by atoms with Crippen LogP contribution in [0.4, 0.5) is 0 Å². The number of hydrogen-bond donors (Lipinski definition) is 1. The fourth-order valence-electron chi connectivity index (χ4n) is 1.47. The average Bonchev–Trinajstić information content (AvgIpc) is 2.24. The molecule has 0 unspecified atom stereocenters. The summed E-state index contributed by atoms with van der Waals surface area (Å²) in [6.07, 6.45) is 0. The van der Waals surface area contributed by atoms with Gasteiger partial charge in [-0.25, -0.2) is 0 Å². The lowest BCUT2D eigenvalue weighted by Gasteiger charge is -2.21. The molecule has 0 fully saturated rings. The quantitative estimate of drug-likeness (QED) is 0.628. The van der Waals surface area contributed by atoms with E-state index in [9.17, 15) is 4.79 Å². The van der Waals surface area contributed by atoms with Crippen molar-refractivity contribution in [3.8, 4) is 0 Å². The highest BCUT2D eigenvalue weighted by atomic mass is 32.1. The van der Waals surface area contributed by atoms with Crippen molar-refractivity contribution in [1.29, 1.82) is 0 Å². The van der Waals surface area contributed by atoms with Crippen molar-refractivity contribution in [2.45, 2.75) is 18.7 Å². The van der Waals surface area contributed by atoms with Gasteiger partial charge in [0.15, 0.2) is 0 Å². The van der Waals surface area contributed by atoms with Gasteiger partial charge in [-0.15, -0.1) is 12.6 Å². The van der Waals surface area contributed by atoms with Gasteiger partial charge in [-0.2, -0.15) is 0 Å². The van der Waals surface area contributed by atoms with Crippen LogP contribution >= 0.6 is 12.6 Å². The van der Waals surface area contributed by atoms with Crippen LogP contribution in [0, 0.1) is 0 Å². The second-order valence-corrected chi connectivity index (χ2v) is 4.34. The van der Waals surface area contributed by atoms with Gasteiger partial charge < -0.3 is 4.90 Å². The second kappa shape index (κ2) is 5.75. The largest absolute Gasteiger partial charge is 0.335 e. The summed E-state index contributed by atoms with van der Waals surface area (Å²) < 4.78 is 0. The molecule has 0 radical (unpaired) electrons. The number of likely N-dealkylation sites (N-methyl/N-ethyl adjacent to an activating group) is 1. The Bertz CT molecular complexity index is 401. The number of carbonyl (C=O) groups excluding carboxylic acids is 1. The van der Waals surface area contributed by atoms with Gasteiger partial charge in [0.1, 0.15) is 0 Å². The molecule has 0 N–H and O–H groups in total. The standard InChI is InChI=1S/C13H17NOS/c1-4-14(9-10(2)3)13(15)11-6-5-7-12(16)8-11/h5-8,16H,2,4,9H2,1,3H3. The van der Waals surface area contributed by atoms with Gasteiger partial charge in [-0.1, -0.05) is 18.2 Å². The van der Waals surface area contributed by atoms with E-state index in [1.165, 1.54) is 0 Å². The van der Waals surface area contributed by atoms with Crippen LogP contribution in [0.2, 0.25) is 0 Å². The summed E-state index contributed by atoms with van der Waals surface area (Å²) in [6, 6.07) is 7.29. The summed E-state index contributed by atoms with van der Waals surface area (Å²) in [5.41, 5.74) is 1.66. The Morgan fingerprint density at radius 2 is 2.19 bits per heavy atom. The fourth-order valence-corrected chi connectivity index (χ4v) is 1.70. The first kappa shape index (κ1) is 12.8. The number of rotatable bonds is 4. The maximum atomic E-state index is 12.1. The molecule has 0 heterocycles. The highest BCUT2D eigenvalue weighted by Gasteiger charge is 2.13. The molecule has 1 aromatic carbocycles. The van der Waals surface area contributed by atoms with E-state index in [0.29, 0.717) is 18.7 Å². The molecule has 1 aromatic rings. The SMILES string of the molecule is C=C(C)CN(CC)C(=O)c1cccc(S)c1. The lowest BCUT2D eigenvalue weighted by molar-refractivity contribution is 0.0778. The molecule has 0 saturated carbocycles. The van der Waals surface area contributed by atoms with Crippen molar-refractivity contribution in [3.05, 3.63) is 42.0 Å². The zero-order chi connectivity index (χ0) is 12.1. The summed E-state index contributed by atoms with van der Waals surface area (Å²) in [4.78, 5) is 14.7. The van der Waals surface area contributed by atoms with Crippen LogP contribution in [0.5, 0.6) is 0 Å².